The zero-order valence-electron chi connectivity index (χ0n) is 15.5. The van der Waals surface area contributed by atoms with Crippen LogP contribution in [0.3, 0.4) is 0 Å². The molecule has 0 fully saturated rings. The second-order valence-corrected chi connectivity index (χ2v) is 7.28. The van der Waals surface area contributed by atoms with E-state index in [2.05, 4.69) is 20.9 Å². The molecule has 0 unspecified atom stereocenters. The highest BCUT2D eigenvalue weighted by molar-refractivity contribution is 9.10. The molecule has 0 saturated carbocycles. The van der Waals surface area contributed by atoms with Crippen molar-refractivity contribution >= 4 is 39.4 Å². The van der Waals surface area contributed by atoms with Gasteiger partial charge in [-0.3, -0.25) is 9.69 Å². The predicted octanol–water partition coefficient (Wildman–Crippen LogP) is 5.43. The molecule has 1 aliphatic rings. The summed E-state index contributed by atoms with van der Waals surface area (Å²) in [6.45, 7) is 0. The molecule has 0 radical (unpaired) electrons. The molecule has 1 heterocycles. The quantitative estimate of drug-likeness (QED) is 0.497. The molecule has 0 aromatic heterocycles. The van der Waals surface area contributed by atoms with Gasteiger partial charge >= 0.3 is 0 Å². The van der Waals surface area contributed by atoms with Gasteiger partial charge in [-0.15, -0.1) is 0 Å². The van der Waals surface area contributed by atoms with Gasteiger partial charge in [-0.05, 0) is 66.2 Å². The lowest BCUT2D eigenvalue weighted by molar-refractivity contribution is -0.113. The fourth-order valence-electron chi connectivity index (χ4n) is 3.05. The molecule has 6 heteroatoms. The molecule has 4 rings (SSSR count). The lowest BCUT2D eigenvalue weighted by Crippen LogP contribution is -2.32. The van der Waals surface area contributed by atoms with Gasteiger partial charge in [-0.25, -0.2) is 9.38 Å². The van der Waals surface area contributed by atoms with Crippen LogP contribution in [-0.2, 0) is 4.79 Å². The Morgan fingerprint density at radius 2 is 1.79 bits per heavy atom. The molecule has 1 amide bonds. The smallest absolute Gasteiger partial charge is 0.282 e. The van der Waals surface area contributed by atoms with Gasteiger partial charge < -0.3 is 4.74 Å². The second-order valence-electron chi connectivity index (χ2n) is 6.37. The Labute approximate surface area is 176 Å². The fourth-order valence-corrected chi connectivity index (χ4v) is 3.44. The topological polar surface area (TPSA) is 41.9 Å². The van der Waals surface area contributed by atoms with Crippen molar-refractivity contribution in [1.82, 2.24) is 0 Å². The van der Waals surface area contributed by atoms with Crippen LogP contribution in [0.15, 0.2) is 88.0 Å². The molecule has 0 N–H and O–H groups in total. The Morgan fingerprint density at radius 3 is 2.52 bits per heavy atom. The number of hydrogen-bond donors (Lipinski definition) is 0. The molecule has 4 nitrogen and oxygen atoms in total. The number of methoxy groups -OCH3 is 1. The van der Waals surface area contributed by atoms with Crippen molar-refractivity contribution in [3.63, 3.8) is 0 Å². The van der Waals surface area contributed by atoms with E-state index in [4.69, 9.17) is 4.74 Å². The highest BCUT2D eigenvalue weighted by Crippen LogP contribution is 2.30. The SMILES string of the molecule is COc1cccc(/C=C2/N=C(c3ccc(F)cc3)N(c3cccc(Br)c3)C2=O)c1. The molecule has 29 heavy (non-hydrogen) atoms. The van der Waals surface area contributed by atoms with Gasteiger partial charge in [0.1, 0.15) is 23.1 Å². The number of anilines is 1. The summed E-state index contributed by atoms with van der Waals surface area (Å²) < 4.78 is 19.5. The van der Waals surface area contributed by atoms with Crippen LogP contribution in [0, 0.1) is 5.82 Å². The number of nitrogens with zero attached hydrogens (tertiary/aromatic N) is 2. The first-order valence-corrected chi connectivity index (χ1v) is 9.65. The minimum Gasteiger partial charge on any atom is -0.497 e. The van der Waals surface area contributed by atoms with Crippen LogP contribution < -0.4 is 9.64 Å². The monoisotopic (exact) mass is 450 g/mol. The predicted molar refractivity (Wildman–Crippen MR) is 116 cm³/mol. The average Bonchev–Trinajstić information content (AvgIpc) is 3.05. The third-order valence-electron chi connectivity index (χ3n) is 4.43. The minimum atomic E-state index is -0.347. The van der Waals surface area contributed by atoms with E-state index in [1.54, 1.807) is 25.3 Å². The van der Waals surface area contributed by atoms with Crippen LogP contribution in [0.25, 0.3) is 6.08 Å². The first-order chi connectivity index (χ1) is 14.0. The summed E-state index contributed by atoms with van der Waals surface area (Å²) in [4.78, 5) is 19.4. The maximum Gasteiger partial charge on any atom is 0.282 e. The van der Waals surface area contributed by atoms with Crippen molar-refractivity contribution in [1.29, 1.82) is 0 Å². The van der Waals surface area contributed by atoms with E-state index in [9.17, 15) is 9.18 Å². The van der Waals surface area contributed by atoms with Crippen molar-refractivity contribution in [2.24, 2.45) is 4.99 Å². The van der Waals surface area contributed by atoms with Gasteiger partial charge in [0, 0.05) is 10.0 Å². The number of halogens is 2. The number of benzene rings is 3. The van der Waals surface area contributed by atoms with Crippen LogP contribution in [0.2, 0.25) is 0 Å². The second kappa shape index (κ2) is 8.01. The molecule has 3 aromatic carbocycles. The van der Waals surface area contributed by atoms with E-state index in [0.717, 1.165) is 10.0 Å². The van der Waals surface area contributed by atoms with E-state index in [1.165, 1.54) is 17.0 Å². The Morgan fingerprint density at radius 1 is 1.03 bits per heavy atom. The standard InChI is InChI=1S/C23H16BrFN2O2/c1-29-20-7-2-4-15(12-20)13-21-23(28)27(19-6-3-5-17(24)14-19)22(26-21)16-8-10-18(25)11-9-16/h2-14H,1H3/b21-13+. The maximum atomic E-state index is 13.4. The molecule has 0 bridgehead atoms. The van der Waals surface area contributed by atoms with Gasteiger partial charge in [0.25, 0.3) is 5.91 Å². The van der Waals surface area contributed by atoms with Crippen molar-refractivity contribution in [3.05, 3.63) is 99.9 Å². The Hall–Kier alpha value is -3.25. The van der Waals surface area contributed by atoms with Crippen LogP contribution in [0.5, 0.6) is 5.75 Å². The number of amides is 1. The van der Waals surface area contributed by atoms with Crippen molar-refractivity contribution in [2.75, 3.05) is 12.0 Å². The van der Waals surface area contributed by atoms with E-state index in [0.29, 0.717) is 22.8 Å². The Bertz CT molecular complexity index is 1140. The summed E-state index contributed by atoms with van der Waals surface area (Å²) in [5, 5.41) is 0. The molecule has 0 spiro atoms. The van der Waals surface area contributed by atoms with E-state index in [1.807, 2.05) is 48.5 Å². The summed E-state index contributed by atoms with van der Waals surface area (Å²) in [6.07, 6.45) is 1.71. The summed E-state index contributed by atoms with van der Waals surface area (Å²) in [5.41, 5.74) is 2.40. The van der Waals surface area contributed by atoms with Crippen molar-refractivity contribution in [2.45, 2.75) is 0 Å². The molecule has 3 aromatic rings. The molecular formula is C23H16BrFN2O2. The molecule has 1 aliphatic heterocycles. The van der Waals surface area contributed by atoms with E-state index in [-0.39, 0.29) is 17.4 Å². The maximum absolute atomic E-state index is 13.4. The molecule has 144 valence electrons. The zero-order chi connectivity index (χ0) is 20.4. The third kappa shape index (κ3) is 3.98. The number of ether oxygens (including phenoxy) is 1. The Balaban J connectivity index is 1.82. The zero-order valence-corrected chi connectivity index (χ0v) is 17.1. The van der Waals surface area contributed by atoms with Crippen molar-refractivity contribution < 1.29 is 13.9 Å². The number of hydrogen-bond acceptors (Lipinski definition) is 3. The van der Waals surface area contributed by atoms with Gasteiger partial charge in [0.2, 0.25) is 0 Å². The molecular weight excluding hydrogens is 435 g/mol. The van der Waals surface area contributed by atoms with Gasteiger partial charge in [-0.1, -0.05) is 34.1 Å². The van der Waals surface area contributed by atoms with Crippen LogP contribution in [0.4, 0.5) is 10.1 Å². The van der Waals surface area contributed by atoms with Crippen LogP contribution in [-0.4, -0.2) is 18.9 Å². The largest absolute Gasteiger partial charge is 0.497 e. The van der Waals surface area contributed by atoms with Crippen molar-refractivity contribution in [3.8, 4) is 5.75 Å². The number of aliphatic imine (C=N–C) groups is 1. The minimum absolute atomic E-state index is 0.259. The van der Waals surface area contributed by atoms with E-state index < -0.39 is 0 Å². The lowest BCUT2D eigenvalue weighted by atomic mass is 10.1. The van der Waals surface area contributed by atoms with Crippen LogP contribution >= 0.6 is 15.9 Å². The number of amidine groups is 1. The van der Waals surface area contributed by atoms with E-state index >= 15 is 0 Å². The first kappa shape index (κ1) is 19.1. The number of carbonyl (C=O) groups excluding carboxylic acids is 1. The molecule has 0 atom stereocenters. The number of rotatable bonds is 4. The normalized spacial score (nSPS) is 15.0. The highest BCUT2D eigenvalue weighted by Gasteiger charge is 2.32. The fraction of sp³-hybridized carbons (Fsp3) is 0.0435. The summed E-state index contributed by atoms with van der Waals surface area (Å²) in [7, 11) is 1.59. The van der Waals surface area contributed by atoms with Crippen LogP contribution in [0.1, 0.15) is 11.1 Å². The molecule has 0 aliphatic carbocycles. The summed E-state index contributed by atoms with van der Waals surface area (Å²) >= 11 is 3.44. The third-order valence-corrected chi connectivity index (χ3v) is 4.92. The first-order valence-electron chi connectivity index (χ1n) is 8.85. The average molecular weight is 451 g/mol. The lowest BCUT2D eigenvalue weighted by Gasteiger charge is -2.18. The summed E-state index contributed by atoms with van der Waals surface area (Å²) in [5.74, 6) is 0.531. The number of carbonyl (C=O) groups is 1. The van der Waals surface area contributed by atoms with Gasteiger partial charge in [-0.2, -0.15) is 0 Å². The van der Waals surface area contributed by atoms with Gasteiger partial charge in [0.15, 0.2) is 0 Å². The highest BCUT2D eigenvalue weighted by atomic mass is 79.9. The summed E-state index contributed by atoms with van der Waals surface area (Å²) in [6, 6.07) is 20.7. The van der Waals surface area contributed by atoms with Gasteiger partial charge in [0.05, 0.1) is 12.8 Å². The molecule has 0 saturated heterocycles. The Kier molecular flexibility index (Phi) is 5.27.